The molecule has 0 aromatic heterocycles. The number of nitrogens with one attached hydrogen (secondary N) is 1. The number of nitrogens with zero attached hydrogens (tertiary/aromatic N) is 2. The van der Waals surface area contributed by atoms with E-state index in [4.69, 9.17) is 4.74 Å². The van der Waals surface area contributed by atoms with Crippen LogP contribution in [0.5, 0.6) is 5.75 Å². The number of carbonyl (C=O) groups excluding carboxylic acids is 4. The SMILES string of the molecule is CC1CCC(CC(=O)N2CCCC[C@H]2COc2ccc3c(c2)CN(C2CCC(=O)NC2=O)C3=O)CC1. The summed E-state index contributed by atoms with van der Waals surface area (Å²) in [6.07, 6.45) is 9.09. The number of rotatable bonds is 6. The number of piperidine rings is 2. The standard InChI is InChI=1S/C28H37N3O5/c1-18-5-7-19(8-6-18)14-26(33)30-13-3-2-4-21(30)17-36-22-9-10-23-20(15-22)16-31(28(23)35)24-11-12-25(32)29-27(24)34/h9-10,15,18-19,21,24H,2-8,11-14,16-17H2,1H3,(H,29,32,34)/t18?,19?,21-,24?/m0/s1. The Morgan fingerprint density at radius 1 is 1.06 bits per heavy atom. The molecule has 1 N–H and O–H groups in total. The summed E-state index contributed by atoms with van der Waals surface area (Å²) in [6, 6.07) is 4.87. The van der Waals surface area contributed by atoms with E-state index >= 15 is 0 Å². The van der Waals surface area contributed by atoms with Crippen molar-refractivity contribution in [1.29, 1.82) is 0 Å². The molecule has 1 aliphatic carbocycles. The molecule has 1 unspecified atom stereocenters. The van der Waals surface area contributed by atoms with Gasteiger partial charge < -0.3 is 14.5 Å². The van der Waals surface area contributed by atoms with E-state index in [1.54, 1.807) is 17.0 Å². The van der Waals surface area contributed by atoms with Crippen molar-refractivity contribution in [2.75, 3.05) is 13.2 Å². The van der Waals surface area contributed by atoms with E-state index in [1.165, 1.54) is 12.8 Å². The van der Waals surface area contributed by atoms with E-state index in [0.29, 0.717) is 43.2 Å². The van der Waals surface area contributed by atoms with Crippen LogP contribution in [0.1, 0.15) is 87.1 Å². The fraction of sp³-hybridized carbons (Fsp3) is 0.643. The average Bonchev–Trinajstić information content (AvgIpc) is 3.19. The van der Waals surface area contributed by atoms with Crippen molar-refractivity contribution < 1.29 is 23.9 Å². The van der Waals surface area contributed by atoms with E-state index in [0.717, 1.165) is 50.1 Å². The Morgan fingerprint density at radius 2 is 1.86 bits per heavy atom. The van der Waals surface area contributed by atoms with E-state index in [-0.39, 0.29) is 30.2 Å². The molecule has 36 heavy (non-hydrogen) atoms. The topological polar surface area (TPSA) is 96.0 Å². The highest BCUT2D eigenvalue weighted by Crippen LogP contribution is 2.33. The molecule has 4 amide bonds. The van der Waals surface area contributed by atoms with E-state index in [9.17, 15) is 19.2 Å². The molecule has 0 radical (unpaired) electrons. The Kier molecular flexibility index (Phi) is 7.30. The lowest BCUT2D eigenvalue weighted by Gasteiger charge is -2.37. The Labute approximate surface area is 212 Å². The van der Waals surface area contributed by atoms with Crippen LogP contribution in [0.3, 0.4) is 0 Å². The predicted molar refractivity (Wildman–Crippen MR) is 133 cm³/mol. The number of ether oxygens (including phenoxy) is 1. The molecular formula is C28H37N3O5. The number of amides is 4. The van der Waals surface area contributed by atoms with Gasteiger partial charge in [0.25, 0.3) is 5.91 Å². The van der Waals surface area contributed by atoms with E-state index in [1.807, 2.05) is 11.0 Å². The van der Waals surface area contributed by atoms with E-state index < -0.39 is 11.9 Å². The fourth-order valence-electron chi connectivity index (χ4n) is 6.23. The second-order valence-electron chi connectivity index (χ2n) is 11.1. The second kappa shape index (κ2) is 10.6. The second-order valence-corrected chi connectivity index (χ2v) is 11.1. The third-order valence-electron chi connectivity index (χ3n) is 8.48. The highest BCUT2D eigenvalue weighted by molar-refractivity contribution is 6.05. The van der Waals surface area contributed by atoms with Crippen molar-refractivity contribution >= 4 is 23.6 Å². The van der Waals surface area contributed by atoms with Crippen molar-refractivity contribution in [3.8, 4) is 5.75 Å². The van der Waals surface area contributed by atoms with Gasteiger partial charge >= 0.3 is 0 Å². The lowest BCUT2D eigenvalue weighted by atomic mass is 9.81. The number of hydrogen-bond donors (Lipinski definition) is 1. The summed E-state index contributed by atoms with van der Waals surface area (Å²) >= 11 is 0. The summed E-state index contributed by atoms with van der Waals surface area (Å²) in [7, 11) is 0. The Morgan fingerprint density at radius 3 is 2.64 bits per heavy atom. The lowest BCUT2D eigenvalue weighted by Crippen LogP contribution is -2.52. The molecular weight excluding hydrogens is 458 g/mol. The molecule has 4 aliphatic rings. The normalized spacial score (nSPS) is 28.6. The first-order chi connectivity index (χ1) is 17.4. The zero-order valence-corrected chi connectivity index (χ0v) is 21.2. The Hall–Kier alpha value is -2.90. The van der Waals surface area contributed by atoms with Crippen LogP contribution in [0.4, 0.5) is 0 Å². The molecule has 8 nitrogen and oxygen atoms in total. The summed E-state index contributed by atoms with van der Waals surface area (Å²) in [5.41, 5.74) is 1.40. The Bertz CT molecular complexity index is 1030. The monoisotopic (exact) mass is 495 g/mol. The van der Waals surface area contributed by atoms with Crippen LogP contribution < -0.4 is 10.1 Å². The summed E-state index contributed by atoms with van der Waals surface area (Å²) in [4.78, 5) is 53.4. The average molecular weight is 496 g/mol. The molecule has 3 aliphatic heterocycles. The zero-order chi connectivity index (χ0) is 25.2. The van der Waals surface area contributed by atoms with Gasteiger partial charge in [-0.15, -0.1) is 0 Å². The largest absolute Gasteiger partial charge is 0.491 e. The quantitative estimate of drug-likeness (QED) is 0.610. The fourth-order valence-corrected chi connectivity index (χ4v) is 6.23. The molecule has 3 fully saturated rings. The van der Waals surface area contributed by atoms with Gasteiger partial charge in [0.2, 0.25) is 17.7 Å². The first-order valence-corrected chi connectivity index (χ1v) is 13.6. The third-order valence-corrected chi connectivity index (χ3v) is 8.48. The van der Waals surface area contributed by atoms with Gasteiger partial charge in [0, 0.05) is 31.5 Å². The minimum Gasteiger partial charge on any atom is -0.491 e. The smallest absolute Gasteiger partial charge is 0.255 e. The van der Waals surface area contributed by atoms with Crippen molar-refractivity contribution in [3.05, 3.63) is 29.3 Å². The molecule has 0 spiro atoms. The lowest BCUT2D eigenvalue weighted by molar-refractivity contribution is -0.138. The van der Waals surface area contributed by atoms with Gasteiger partial charge in [0.15, 0.2) is 0 Å². The van der Waals surface area contributed by atoms with Crippen molar-refractivity contribution in [2.24, 2.45) is 11.8 Å². The first-order valence-electron chi connectivity index (χ1n) is 13.6. The molecule has 1 aromatic carbocycles. The molecule has 0 bridgehead atoms. The van der Waals surface area contributed by atoms with Crippen molar-refractivity contribution in [3.63, 3.8) is 0 Å². The van der Waals surface area contributed by atoms with Crippen LogP contribution in [0, 0.1) is 11.8 Å². The van der Waals surface area contributed by atoms with Crippen molar-refractivity contribution in [1.82, 2.24) is 15.1 Å². The van der Waals surface area contributed by atoms with Crippen LogP contribution in [0.2, 0.25) is 0 Å². The maximum atomic E-state index is 13.2. The molecule has 8 heteroatoms. The molecule has 1 saturated carbocycles. The summed E-state index contributed by atoms with van der Waals surface area (Å²) in [6.45, 7) is 3.87. The summed E-state index contributed by atoms with van der Waals surface area (Å²) < 4.78 is 6.16. The predicted octanol–water partition coefficient (Wildman–Crippen LogP) is 3.42. The highest BCUT2D eigenvalue weighted by Gasteiger charge is 2.39. The van der Waals surface area contributed by atoms with Gasteiger partial charge in [-0.1, -0.05) is 19.8 Å². The first kappa shape index (κ1) is 24.8. The summed E-state index contributed by atoms with van der Waals surface area (Å²) in [5.74, 6) is 1.35. The van der Waals surface area contributed by atoms with Gasteiger partial charge in [-0.3, -0.25) is 24.5 Å². The number of imide groups is 1. The zero-order valence-electron chi connectivity index (χ0n) is 21.2. The number of fused-ring (bicyclic) bond motifs is 1. The van der Waals surface area contributed by atoms with Crippen LogP contribution in [0.25, 0.3) is 0 Å². The van der Waals surface area contributed by atoms with Crippen molar-refractivity contribution in [2.45, 2.75) is 89.8 Å². The maximum Gasteiger partial charge on any atom is 0.255 e. The van der Waals surface area contributed by atoms with Crippen LogP contribution in [0.15, 0.2) is 18.2 Å². The minimum atomic E-state index is -0.624. The molecule has 5 rings (SSSR count). The molecule has 194 valence electrons. The molecule has 2 atom stereocenters. The third kappa shape index (κ3) is 5.27. The number of benzene rings is 1. The van der Waals surface area contributed by atoms with Gasteiger partial charge in [-0.25, -0.2) is 0 Å². The van der Waals surface area contributed by atoms with Crippen LogP contribution in [-0.2, 0) is 20.9 Å². The van der Waals surface area contributed by atoms with E-state index in [2.05, 4.69) is 12.2 Å². The van der Waals surface area contributed by atoms with Crippen LogP contribution >= 0.6 is 0 Å². The number of hydrogen-bond acceptors (Lipinski definition) is 5. The van der Waals surface area contributed by atoms with Gasteiger partial charge in [0.05, 0.1) is 6.04 Å². The summed E-state index contributed by atoms with van der Waals surface area (Å²) in [5, 5.41) is 2.33. The highest BCUT2D eigenvalue weighted by atomic mass is 16.5. The molecule has 3 heterocycles. The van der Waals surface area contributed by atoms with Gasteiger partial charge in [0.1, 0.15) is 18.4 Å². The molecule has 2 saturated heterocycles. The number of likely N-dealkylation sites (tertiary alicyclic amines) is 1. The maximum absolute atomic E-state index is 13.2. The Balaban J connectivity index is 1.19. The van der Waals surface area contributed by atoms with Crippen LogP contribution in [-0.4, -0.2) is 58.7 Å². The number of carbonyl (C=O) groups is 4. The van der Waals surface area contributed by atoms with Gasteiger partial charge in [-0.2, -0.15) is 0 Å². The molecule has 1 aromatic rings. The van der Waals surface area contributed by atoms with Gasteiger partial charge in [-0.05, 0) is 74.1 Å². The minimum absolute atomic E-state index is 0.0728.